The lowest BCUT2D eigenvalue weighted by Crippen LogP contribution is -2.29. The van der Waals surface area contributed by atoms with E-state index in [0.717, 1.165) is 131 Å². The van der Waals surface area contributed by atoms with Crippen LogP contribution in [-0.4, -0.2) is 57.0 Å². The number of nitrogens with zero attached hydrogens (tertiary/aromatic N) is 8. The van der Waals surface area contributed by atoms with E-state index in [0.29, 0.717) is 17.2 Å². The molecule has 0 bridgehead atoms. The molecule has 0 aliphatic rings. The zero-order chi connectivity index (χ0) is 60.5. The van der Waals surface area contributed by atoms with Gasteiger partial charge in [-0.25, -0.2) is 9.97 Å². The summed E-state index contributed by atoms with van der Waals surface area (Å²) in [5, 5.41) is 19.0. The van der Waals surface area contributed by atoms with Gasteiger partial charge in [0, 0.05) is 117 Å². The number of para-hydroxylation sites is 4. The highest BCUT2D eigenvalue weighted by Crippen LogP contribution is 2.40. The van der Waals surface area contributed by atoms with E-state index in [1.165, 1.54) is 0 Å². The summed E-state index contributed by atoms with van der Waals surface area (Å²) in [5.74, 6) is 1.19. The molecule has 0 amide bonds. The number of halogens is 2. The van der Waals surface area contributed by atoms with E-state index < -0.39 is 7.12 Å². The summed E-state index contributed by atoms with van der Waals surface area (Å²) in [4.78, 5) is 35.2. The van der Waals surface area contributed by atoms with Crippen LogP contribution in [0.3, 0.4) is 0 Å². The molecule has 0 unspecified atom stereocenters. The fourth-order valence-electron chi connectivity index (χ4n) is 10.3. The quantitative estimate of drug-likeness (QED) is 0.118. The minimum atomic E-state index is -1.52. The van der Waals surface area contributed by atoms with Gasteiger partial charge in [-0.1, -0.05) is 105 Å². The molecule has 0 fully saturated rings. The molecule has 0 radical (unpaired) electrons. The summed E-state index contributed by atoms with van der Waals surface area (Å²) in [6, 6.07) is 70.7. The van der Waals surface area contributed by atoms with Gasteiger partial charge in [-0.3, -0.25) is 29.9 Å². The fourth-order valence-corrected chi connectivity index (χ4v) is 11.6. The van der Waals surface area contributed by atoms with E-state index in [2.05, 4.69) is 146 Å². The molecule has 0 atom stereocenters. The molecule has 89 heavy (non-hydrogen) atoms. The third-order valence-corrected chi connectivity index (χ3v) is 15.5. The third-order valence-electron chi connectivity index (χ3n) is 14.6. The molecule has 15 rings (SSSR count). The average molecular weight is 1280 g/mol. The Hall–Kier alpha value is -10.7. The number of hydrogen-bond donors (Lipinski definition) is 2. The number of benzene rings is 7. The van der Waals surface area contributed by atoms with Gasteiger partial charge in [0.1, 0.15) is 11.0 Å². The van der Waals surface area contributed by atoms with Gasteiger partial charge < -0.3 is 18.9 Å². The van der Waals surface area contributed by atoms with Gasteiger partial charge in [0.05, 0.1) is 0 Å². The van der Waals surface area contributed by atoms with Crippen LogP contribution in [0.2, 0.25) is 0 Å². The van der Waals surface area contributed by atoms with Crippen molar-refractivity contribution in [1.82, 2.24) is 39.9 Å². The number of rotatable bonds is 11. The van der Waals surface area contributed by atoms with Crippen molar-refractivity contribution < 1.29 is 18.9 Å². The normalized spacial score (nSPS) is 10.9. The number of aromatic nitrogens is 8. The molecule has 7 aromatic carbocycles. The Balaban J connectivity index is 0.000000155. The maximum atomic E-state index is 9.49. The Labute approximate surface area is 529 Å². The Morgan fingerprint density at radius 2 is 0.528 bits per heavy atom. The van der Waals surface area contributed by atoms with Crippen molar-refractivity contribution in [1.29, 1.82) is 0 Å². The van der Waals surface area contributed by atoms with Crippen LogP contribution in [0.5, 0.6) is 0 Å². The van der Waals surface area contributed by atoms with Crippen LogP contribution in [-0.2, 0) is 0 Å². The van der Waals surface area contributed by atoms with Crippen LogP contribution in [0.4, 0.5) is 0 Å². The first-order chi connectivity index (χ1) is 43.7. The van der Waals surface area contributed by atoms with E-state index in [9.17, 15) is 10.0 Å². The van der Waals surface area contributed by atoms with Crippen molar-refractivity contribution in [3.05, 3.63) is 296 Å². The van der Waals surface area contributed by atoms with E-state index in [4.69, 9.17) is 13.8 Å². The third kappa shape index (κ3) is 13.6. The van der Waals surface area contributed by atoms with Gasteiger partial charge in [0.15, 0.2) is 11.2 Å². The molecule has 0 saturated carbocycles. The van der Waals surface area contributed by atoms with E-state index in [-0.39, 0.29) is 0 Å². The van der Waals surface area contributed by atoms with Gasteiger partial charge in [-0.05, 0) is 212 Å². The van der Waals surface area contributed by atoms with E-state index in [1.807, 2.05) is 146 Å². The Morgan fingerprint density at radius 3 is 0.798 bits per heavy atom. The molecule has 12 nitrogen and oxygen atoms in total. The summed E-state index contributed by atoms with van der Waals surface area (Å²) < 4.78 is 14.1. The summed E-state index contributed by atoms with van der Waals surface area (Å²) in [6.45, 7) is 0. The van der Waals surface area contributed by atoms with Gasteiger partial charge in [-0.15, -0.1) is 0 Å². The molecule has 8 aromatic heterocycles. The molecule has 15 heteroatoms. The lowest BCUT2D eigenvalue weighted by Gasteiger charge is -2.15. The Bertz CT molecular complexity index is 4510. The van der Waals surface area contributed by atoms with Gasteiger partial charge in [-0.2, -0.15) is 0 Å². The Kier molecular flexibility index (Phi) is 17.1. The number of pyridine rings is 6. The van der Waals surface area contributed by atoms with Crippen molar-refractivity contribution in [2.45, 2.75) is 0 Å². The summed E-state index contributed by atoms with van der Waals surface area (Å²) in [5.41, 5.74) is 21.6. The minimum Gasteiger partial charge on any atom is -0.436 e. The molecule has 0 saturated heterocycles. The van der Waals surface area contributed by atoms with Crippen molar-refractivity contribution in [3.63, 3.8) is 0 Å². The number of fused-ring (bicyclic) bond motifs is 2. The predicted octanol–water partition coefficient (Wildman–Crippen LogP) is 17.6. The predicted molar refractivity (Wildman–Crippen MR) is 361 cm³/mol. The van der Waals surface area contributed by atoms with Crippen molar-refractivity contribution in [2.24, 2.45) is 0 Å². The Morgan fingerprint density at radius 1 is 0.270 bits per heavy atom. The van der Waals surface area contributed by atoms with Crippen molar-refractivity contribution in [2.75, 3.05) is 0 Å². The summed E-state index contributed by atoms with van der Waals surface area (Å²) >= 11 is 6.91. The largest absolute Gasteiger partial charge is 0.488 e. The van der Waals surface area contributed by atoms with E-state index in [1.54, 1.807) is 61.7 Å². The first kappa shape index (κ1) is 57.4. The first-order valence-electron chi connectivity index (χ1n) is 28.3. The number of hydrogen-bond acceptors (Lipinski definition) is 12. The van der Waals surface area contributed by atoms with Crippen LogP contribution in [0.15, 0.2) is 304 Å². The summed E-state index contributed by atoms with van der Waals surface area (Å²) in [6.07, 6.45) is 21.7. The smallest absolute Gasteiger partial charge is 0.436 e. The van der Waals surface area contributed by atoms with Crippen LogP contribution < -0.4 is 5.46 Å². The van der Waals surface area contributed by atoms with E-state index >= 15 is 0 Å². The van der Waals surface area contributed by atoms with Gasteiger partial charge >= 0.3 is 7.12 Å². The number of oxazole rings is 2. The van der Waals surface area contributed by atoms with Gasteiger partial charge in [0.2, 0.25) is 11.8 Å². The highest BCUT2D eigenvalue weighted by atomic mass is 79.9. The zero-order valence-corrected chi connectivity index (χ0v) is 50.4. The maximum absolute atomic E-state index is 9.49. The second-order valence-electron chi connectivity index (χ2n) is 20.7. The van der Waals surface area contributed by atoms with Crippen molar-refractivity contribution >= 4 is 66.6 Å². The second-order valence-corrected chi connectivity index (χ2v) is 22.5. The monoisotopic (exact) mass is 1280 g/mol. The SMILES string of the molecule is Brc1cc(Br)cc(-c2nc3ccccc3o2)c1.OB(O)c1cc(-c2cccnc2)cc(-c2cccnc2)c1.c1cncc(-c2cc(-c3cccnc3)cc(-c3cc(-c4cc(-c5cccnc5)cc(-c5cccnc5)c4)cc(-c4nc5ccccc5o4)c3)c2)c1. The fraction of sp³-hybridized carbons (Fsp3) is 0. The molecule has 0 aliphatic heterocycles. The molecule has 0 aliphatic carbocycles. The lowest BCUT2D eigenvalue weighted by atomic mass is 9.77. The minimum absolute atomic E-state index is 0.440. The topological polar surface area (TPSA) is 170 Å². The molecular formula is C74H49BBr2N8O4. The van der Waals surface area contributed by atoms with Crippen molar-refractivity contribution in [3.8, 4) is 112 Å². The highest BCUT2D eigenvalue weighted by molar-refractivity contribution is 9.11. The standard InChI is InChI=1S/C45H29N5O.C16H13BN2O2.C13H7Br2NO/c1-2-12-44-43(11-1)50-45(51-44)42-24-40(38-19-34(30-7-3-13-46-26-30)17-35(20-38)31-8-4-14-47-27-31)23-41(25-42)39-21-36(32-9-5-15-48-28-32)18-37(22-39)33-10-6-16-49-29-33;20-17(21)16-8-14(12-3-1-5-18-10-12)7-15(9-16)13-4-2-6-19-11-13;14-9-5-8(6-10(15)7-9)13-16-11-3-1-2-4-12(11)17-13/h1-29H;1-11,20-21H;1-7H. The van der Waals surface area contributed by atoms with Crippen LogP contribution in [0.1, 0.15) is 0 Å². The van der Waals surface area contributed by atoms with Crippen LogP contribution in [0.25, 0.3) is 134 Å². The zero-order valence-electron chi connectivity index (χ0n) is 47.3. The first-order valence-corrected chi connectivity index (χ1v) is 29.9. The van der Waals surface area contributed by atoms with Gasteiger partial charge in [0.25, 0.3) is 0 Å². The molecule has 426 valence electrons. The second kappa shape index (κ2) is 26.5. The van der Waals surface area contributed by atoms with Crippen LogP contribution >= 0.6 is 31.9 Å². The molecule has 0 spiro atoms. The molecular weight excluding hydrogens is 1240 g/mol. The molecule has 8 heterocycles. The summed E-state index contributed by atoms with van der Waals surface area (Å²) in [7, 11) is -1.52. The van der Waals surface area contributed by atoms with Crippen LogP contribution in [0, 0.1) is 0 Å². The maximum Gasteiger partial charge on any atom is 0.488 e. The molecule has 2 N–H and O–H groups in total. The lowest BCUT2D eigenvalue weighted by molar-refractivity contribution is 0.426. The molecule has 15 aromatic rings. The highest BCUT2D eigenvalue weighted by Gasteiger charge is 2.18. The average Bonchev–Trinajstić information content (AvgIpc) is 2.12.